The number of amides is 1. The van der Waals surface area contributed by atoms with Crippen LogP contribution in [-0.4, -0.2) is 39.2 Å². The highest BCUT2D eigenvalue weighted by molar-refractivity contribution is 5.76. The number of terminal acetylenes is 1. The van der Waals surface area contributed by atoms with Crippen LogP contribution >= 0.6 is 0 Å². The molecule has 2 rings (SSSR count). The Kier molecular flexibility index (Phi) is 4.55. The molecule has 1 aliphatic rings. The van der Waals surface area contributed by atoms with Gasteiger partial charge in [0.1, 0.15) is 11.3 Å². The second kappa shape index (κ2) is 6.22. The minimum Gasteiger partial charge on any atom is -0.444 e. The van der Waals surface area contributed by atoms with E-state index in [-0.39, 0.29) is 6.09 Å². The number of aromatic nitrogens is 2. The predicted octanol–water partition coefficient (Wildman–Crippen LogP) is 2.01. The SMILES string of the molecule is C#CCCn1nc2c(c1C=O)CN(C(=O)OC(C)(C)C)CC2. The highest BCUT2D eigenvalue weighted by Crippen LogP contribution is 2.23. The van der Waals surface area contributed by atoms with Crippen LogP contribution in [0.2, 0.25) is 0 Å². The molecule has 0 fully saturated rings. The molecule has 1 aliphatic heterocycles. The van der Waals surface area contributed by atoms with Gasteiger partial charge in [-0.05, 0) is 20.8 Å². The first kappa shape index (κ1) is 16.1. The summed E-state index contributed by atoms with van der Waals surface area (Å²) in [5, 5.41) is 4.44. The van der Waals surface area contributed by atoms with Crippen LogP contribution in [0.5, 0.6) is 0 Å². The summed E-state index contributed by atoms with van der Waals surface area (Å²) in [6.45, 7) is 6.86. The molecule has 0 saturated carbocycles. The molecule has 1 aromatic rings. The number of aldehydes is 1. The number of carbonyl (C=O) groups is 2. The number of aryl methyl sites for hydroxylation is 1. The molecule has 0 aromatic carbocycles. The van der Waals surface area contributed by atoms with Crippen LogP contribution in [0.3, 0.4) is 0 Å². The molecule has 1 amide bonds. The van der Waals surface area contributed by atoms with Crippen LogP contribution < -0.4 is 0 Å². The summed E-state index contributed by atoms with van der Waals surface area (Å²) in [7, 11) is 0. The van der Waals surface area contributed by atoms with Crippen molar-refractivity contribution in [3.63, 3.8) is 0 Å². The molecule has 118 valence electrons. The zero-order chi connectivity index (χ0) is 16.3. The molecule has 0 aliphatic carbocycles. The first-order valence-electron chi connectivity index (χ1n) is 7.31. The van der Waals surface area contributed by atoms with E-state index >= 15 is 0 Å². The van der Waals surface area contributed by atoms with Crippen molar-refractivity contribution in [2.24, 2.45) is 0 Å². The van der Waals surface area contributed by atoms with Crippen molar-refractivity contribution < 1.29 is 14.3 Å². The predicted molar refractivity (Wildman–Crippen MR) is 81.4 cm³/mol. The third-order valence-electron chi connectivity index (χ3n) is 3.38. The molecule has 0 bridgehead atoms. The fraction of sp³-hybridized carbons (Fsp3) is 0.562. The first-order chi connectivity index (χ1) is 10.4. The van der Waals surface area contributed by atoms with Crippen LogP contribution in [0.15, 0.2) is 0 Å². The molecular formula is C16H21N3O3. The monoisotopic (exact) mass is 303 g/mol. The van der Waals surface area contributed by atoms with E-state index in [4.69, 9.17) is 11.2 Å². The Morgan fingerprint density at radius 1 is 1.50 bits per heavy atom. The number of fused-ring (bicyclic) bond motifs is 1. The van der Waals surface area contributed by atoms with Gasteiger partial charge in [-0.25, -0.2) is 4.79 Å². The van der Waals surface area contributed by atoms with Gasteiger partial charge in [0, 0.05) is 24.9 Å². The van der Waals surface area contributed by atoms with Gasteiger partial charge in [-0.2, -0.15) is 5.10 Å². The second-order valence-electron chi connectivity index (χ2n) is 6.26. The summed E-state index contributed by atoms with van der Waals surface area (Å²) >= 11 is 0. The lowest BCUT2D eigenvalue weighted by atomic mass is 10.1. The largest absolute Gasteiger partial charge is 0.444 e. The highest BCUT2D eigenvalue weighted by Gasteiger charge is 2.29. The van der Waals surface area contributed by atoms with Crippen molar-refractivity contribution >= 4 is 12.4 Å². The maximum atomic E-state index is 12.2. The van der Waals surface area contributed by atoms with Crippen molar-refractivity contribution in [2.75, 3.05) is 6.54 Å². The molecule has 0 saturated heterocycles. The van der Waals surface area contributed by atoms with E-state index in [0.717, 1.165) is 17.5 Å². The molecule has 22 heavy (non-hydrogen) atoms. The van der Waals surface area contributed by atoms with Crippen molar-refractivity contribution in [3.8, 4) is 12.3 Å². The highest BCUT2D eigenvalue weighted by atomic mass is 16.6. The topological polar surface area (TPSA) is 64.4 Å². The Bertz CT molecular complexity index is 620. The number of nitrogens with zero attached hydrogens (tertiary/aromatic N) is 3. The standard InChI is InChI=1S/C16H21N3O3/c1-5-6-8-19-14(11-20)12-10-18(9-7-13(12)17-19)15(21)22-16(2,3)4/h1,11H,6-10H2,2-4H3. The lowest BCUT2D eigenvalue weighted by Gasteiger charge is -2.29. The van der Waals surface area contributed by atoms with Crippen LogP contribution in [0.4, 0.5) is 4.79 Å². The van der Waals surface area contributed by atoms with Gasteiger partial charge in [-0.15, -0.1) is 12.3 Å². The van der Waals surface area contributed by atoms with Gasteiger partial charge in [0.15, 0.2) is 6.29 Å². The smallest absolute Gasteiger partial charge is 0.410 e. The molecule has 0 radical (unpaired) electrons. The Labute approximate surface area is 130 Å². The number of hydrogen-bond acceptors (Lipinski definition) is 4. The molecule has 0 atom stereocenters. The summed E-state index contributed by atoms with van der Waals surface area (Å²) in [6.07, 6.45) is 6.79. The van der Waals surface area contributed by atoms with Gasteiger partial charge in [-0.1, -0.05) is 0 Å². The second-order valence-corrected chi connectivity index (χ2v) is 6.26. The summed E-state index contributed by atoms with van der Waals surface area (Å²) < 4.78 is 7.02. The number of carbonyl (C=O) groups excluding carboxylic acids is 2. The summed E-state index contributed by atoms with van der Waals surface area (Å²) in [4.78, 5) is 25.2. The minimum atomic E-state index is -0.540. The quantitative estimate of drug-likeness (QED) is 0.633. The van der Waals surface area contributed by atoms with Crippen molar-refractivity contribution in [1.82, 2.24) is 14.7 Å². The van der Waals surface area contributed by atoms with Gasteiger partial charge in [-0.3, -0.25) is 9.48 Å². The normalized spacial score (nSPS) is 14.2. The lowest BCUT2D eigenvalue weighted by Crippen LogP contribution is -2.40. The lowest BCUT2D eigenvalue weighted by molar-refractivity contribution is 0.0223. The zero-order valence-corrected chi connectivity index (χ0v) is 13.3. The zero-order valence-electron chi connectivity index (χ0n) is 13.3. The molecule has 2 heterocycles. The Morgan fingerprint density at radius 2 is 2.23 bits per heavy atom. The van der Waals surface area contributed by atoms with Crippen molar-refractivity contribution in [2.45, 2.75) is 52.3 Å². The fourth-order valence-electron chi connectivity index (χ4n) is 2.40. The number of hydrogen-bond donors (Lipinski definition) is 0. The third kappa shape index (κ3) is 3.48. The molecule has 0 unspecified atom stereocenters. The Morgan fingerprint density at radius 3 is 2.82 bits per heavy atom. The van der Waals surface area contributed by atoms with Crippen molar-refractivity contribution in [3.05, 3.63) is 17.0 Å². The minimum absolute atomic E-state index is 0.342. The van der Waals surface area contributed by atoms with E-state index in [1.807, 2.05) is 20.8 Å². The van der Waals surface area contributed by atoms with Crippen LogP contribution in [0.25, 0.3) is 0 Å². The molecule has 6 heteroatoms. The van der Waals surface area contributed by atoms with E-state index < -0.39 is 5.60 Å². The van der Waals surface area contributed by atoms with Gasteiger partial charge in [0.2, 0.25) is 0 Å². The van der Waals surface area contributed by atoms with Crippen LogP contribution in [0.1, 0.15) is 48.9 Å². The molecule has 0 spiro atoms. The van der Waals surface area contributed by atoms with Crippen LogP contribution in [-0.2, 0) is 24.2 Å². The maximum Gasteiger partial charge on any atom is 0.410 e. The van der Waals surface area contributed by atoms with Gasteiger partial charge >= 0.3 is 6.09 Å². The molecule has 0 N–H and O–H groups in total. The Balaban J connectivity index is 2.19. The van der Waals surface area contributed by atoms with E-state index in [1.165, 1.54) is 0 Å². The summed E-state index contributed by atoms with van der Waals surface area (Å²) in [6, 6.07) is 0. The average molecular weight is 303 g/mol. The van der Waals surface area contributed by atoms with E-state index in [0.29, 0.717) is 38.2 Å². The Hall–Kier alpha value is -2.29. The fourth-order valence-corrected chi connectivity index (χ4v) is 2.40. The van der Waals surface area contributed by atoms with Crippen molar-refractivity contribution in [1.29, 1.82) is 0 Å². The molecule has 1 aromatic heterocycles. The third-order valence-corrected chi connectivity index (χ3v) is 3.38. The summed E-state index contributed by atoms with van der Waals surface area (Å²) in [5.41, 5.74) is 1.61. The maximum absolute atomic E-state index is 12.2. The van der Waals surface area contributed by atoms with Gasteiger partial charge in [0.25, 0.3) is 0 Å². The van der Waals surface area contributed by atoms with E-state index in [2.05, 4.69) is 11.0 Å². The first-order valence-corrected chi connectivity index (χ1v) is 7.31. The average Bonchev–Trinajstić information content (AvgIpc) is 2.79. The summed E-state index contributed by atoms with van der Waals surface area (Å²) in [5.74, 6) is 2.54. The van der Waals surface area contributed by atoms with E-state index in [9.17, 15) is 9.59 Å². The van der Waals surface area contributed by atoms with Crippen LogP contribution in [0, 0.1) is 12.3 Å². The van der Waals surface area contributed by atoms with Gasteiger partial charge < -0.3 is 9.64 Å². The molecule has 6 nitrogen and oxygen atoms in total. The number of ether oxygens (including phenoxy) is 1. The van der Waals surface area contributed by atoms with E-state index in [1.54, 1.807) is 9.58 Å². The molecular weight excluding hydrogens is 282 g/mol. The number of rotatable bonds is 3. The van der Waals surface area contributed by atoms with Gasteiger partial charge in [0.05, 0.1) is 18.8 Å².